The van der Waals surface area contributed by atoms with Crippen molar-refractivity contribution in [1.82, 2.24) is 9.88 Å². The Bertz CT molecular complexity index is 589. The van der Waals surface area contributed by atoms with Gasteiger partial charge in [-0.2, -0.15) is 0 Å². The van der Waals surface area contributed by atoms with E-state index in [2.05, 4.69) is 10.3 Å². The van der Waals surface area contributed by atoms with E-state index in [9.17, 15) is 4.79 Å². The van der Waals surface area contributed by atoms with Gasteiger partial charge in [0, 0.05) is 25.6 Å². The van der Waals surface area contributed by atoms with Crippen LogP contribution in [-0.4, -0.2) is 42.2 Å². The fraction of sp³-hybridized carbons (Fsp3) is 0.467. The van der Waals surface area contributed by atoms with Gasteiger partial charge in [0.25, 0.3) is 0 Å². The summed E-state index contributed by atoms with van der Waals surface area (Å²) in [6, 6.07) is 7.81. The maximum atomic E-state index is 12.3. The van der Waals surface area contributed by atoms with Gasteiger partial charge in [-0.25, -0.2) is 9.78 Å². The molecule has 2 aromatic rings. The third-order valence-electron chi connectivity index (χ3n) is 3.68. The average Bonchev–Trinajstić information content (AvgIpc) is 3.13. The van der Waals surface area contributed by atoms with Crippen LogP contribution in [0.1, 0.15) is 13.3 Å². The summed E-state index contributed by atoms with van der Waals surface area (Å²) in [5, 5.41) is 3.56. The summed E-state index contributed by atoms with van der Waals surface area (Å²) in [6.45, 7) is 4.99. The van der Waals surface area contributed by atoms with Crippen molar-refractivity contribution in [2.75, 3.05) is 31.6 Å². The molecule has 2 heterocycles. The number of anilines is 1. The van der Waals surface area contributed by atoms with E-state index in [1.54, 1.807) is 0 Å². The van der Waals surface area contributed by atoms with Gasteiger partial charge in [0.2, 0.25) is 0 Å². The van der Waals surface area contributed by atoms with Crippen molar-refractivity contribution in [2.24, 2.45) is 5.92 Å². The Hall–Kier alpha value is -1.66. The van der Waals surface area contributed by atoms with Crippen LogP contribution in [0.3, 0.4) is 0 Å². The molecule has 1 atom stereocenters. The van der Waals surface area contributed by atoms with Gasteiger partial charge < -0.3 is 9.64 Å². The first kappa shape index (κ1) is 14.3. The number of carbonyl (C=O) groups excluding carboxylic acids is 1. The number of amides is 2. The monoisotopic (exact) mass is 305 g/mol. The number of urea groups is 1. The highest BCUT2D eigenvalue weighted by atomic mass is 32.1. The number of rotatable bonds is 4. The Kier molecular flexibility index (Phi) is 4.36. The van der Waals surface area contributed by atoms with Crippen LogP contribution in [0.5, 0.6) is 0 Å². The molecule has 0 spiro atoms. The highest BCUT2D eigenvalue weighted by molar-refractivity contribution is 7.22. The molecule has 112 valence electrons. The van der Waals surface area contributed by atoms with Crippen LogP contribution >= 0.6 is 11.3 Å². The van der Waals surface area contributed by atoms with Crippen LogP contribution in [-0.2, 0) is 4.74 Å². The summed E-state index contributed by atoms with van der Waals surface area (Å²) in [7, 11) is 0. The van der Waals surface area contributed by atoms with Crippen LogP contribution in [0.15, 0.2) is 24.3 Å². The second kappa shape index (κ2) is 6.41. The van der Waals surface area contributed by atoms with Gasteiger partial charge in [0.05, 0.1) is 16.8 Å². The number of aromatic nitrogens is 1. The molecule has 0 aliphatic carbocycles. The normalized spacial score (nSPS) is 18.0. The van der Waals surface area contributed by atoms with Crippen molar-refractivity contribution in [3.8, 4) is 0 Å². The Morgan fingerprint density at radius 3 is 3.10 bits per heavy atom. The summed E-state index contributed by atoms with van der Waals surface area (Å²) < 4.78 is 6.46. The smallest absolute Gasteiger partial charge is 0.323 e. The molecule has 3 rings (SSSR count). The maximum Gasteiger partial charge on any atom is 0.323 e. The third kappa shape index (κ3) is 3.33. The van der Waals surface area contributed by atoms with E-state index < -0.39 is 0 Å². The van der Waals surface area contributed by atoms with Gasteiger partial charge in [-0.3, -0.25) is 5.32 Å². The molecule has 1 saturated heterocycles. The number of carbonyl (C=O) groups is 1. The van der Waals surface area contributed by atoms with Gasteiger partial charge in [0.1, 0.15) is 0 Å². The van der Waals surface area contributed by atoms with Gasteiger partial charge in [-0.05, 0) is 25.5 Å². The Balaban J connectivity index is 1.65. The van der Waals surface area contributed by atoms with E-state index >= 15 is 0 Å². The van der Waals surface area contributed by atoms with E-state index in [1.807, 2.05) is 36.1 Å². The average molecular weight is 305 g/mol. The summed E-state index contributed by atoms with van der Waals surface area (Å²) in [6.07, 6.45) is 1.03. The minimum absolute atomic E-state index is 0.0801. The predicted octanol–water partition coefficient (Wildman–Crippen LogP) is 3.19. The first-order valence-electron chi connectivity index (χ1n) is 7.25. The lowest BCUT2D eigenvalue weighted by atomic mass is 10.1. The summed E-state index contributed by atoms with van der Waals surface area (Å²) in [4.78, 5) is 18.6. The van der Waals surface area contributed by atoms with E-state index in [-0.39, 0.29) is 6.03 Å². The number of fused-ring (bicyclic) bond motifs is 1. The molecule has 1 fully saturated rings. The molecule has 0 saturated carbocycles. The zero-order valence-corrected chi connectivity index (χ0v) is 12.9. The lowest BCUT2D eigenvalue weighted by Gasteiger charge is -2.23. The molecule has 1 N–H and O–H groups in total. The fourth-order valence-electron chi connectivity index (χ4n) is 2.49. The number of ether oxygens (including phenoxy) is 1. The Morgan fingerprint density at radius 1 is 1.52 bits per heavy atom. The summed E-state index contributed by atoms with van der Waals surface area (Å²) in [5.74, 6) is 0.450. The molecule has 1 aromatic heterocycles. The van der Waals surface area contributed by atoms with Crippen molar-refractivity contribution in [2.45, 2.75) is 13.3 Å². The lowest BCUT2D eigenvalue weighted by molar-refractivity contribution is 0.171. The van der Waals surface area contributed by atoms with Crippen LogP contribution in [0.2, 0.25) is 0 Å². The molecule has 2 amide bonds. The van der Waals surface area contributed by atoms with Crippen molar-refractivity contribution in [3.05, 3.63) is 24.3 Å². The number of nitrogens with one attached hydrogen (secondary N) is 1. The SMILES string of the molecule is CCN(C[C@@H]1CCOC1)C(=O)Nc1nc2ccccc2s1. The zero-order chi connectivity index (χ0) is 14.7. The van der Waals surface area contributed by atoms with E-state index in [4.69, 9.17) is 4.74 Å². The molecular formula is C15H19N3O2S. The number of hydrogen-bond donors (Lipinski definition) is 1. The largest absolute Gasteiger partial charge is 0.381 e. The van der Waals surface area contributed by atoms with Gasteiger partial charge in [-0.15, -0.1) is 0 Å². The predicted molar refractivity (Wildman–Crippen MR) is 84.8 cm³/mol. The first-order valence-corrected chi connectivity index (χ1v) is 8.07. The van der Waals surface area contributed by atoms with Crippen molar-refractivity contribution >= 4 is 32.7 Å². The van der Waals surface area contributed by atoms with Gasteiger partial charge >= 0.3 is 6.03 Å². The highest BCUT2D eigenvalue weighted by Crippen LogP contribution is 2.25. The van der Waals surface area contributed by atoms with Crippen LogP contribution in [0.25, 0.3) is 10.2 Å². The molecule has 1 aliphatic heterocycles. The minimum atomic E-state index is -0.0801. The second-order valence-electron chi connectivity index (χ2n) is 5.19. The zero-order valence-electron chi connectivity index (χ0n) is 12.0. The summed E-state index contributed by atoms with van der Waals surface area (Å²) >= 11 is 1.50. The standard InChI is InChI=1S/C15H19N3O2S/c1-2-18(9-11-7-8-20-10-11)15(19)17-14-16-12-5-3-4-6-13(12)21-14/h3-6,11H,2,7-10H2,1H3,(H,16,17,19)/t11-/m0/s1. The topological polar surface area (TPSA) is 54.5 Å². The molecule has 1 aromatic carbocycles. The Labute approximate surface area is 127 Å². The molecular weight excluding hydrogens is 286 g/mol. The molecule has 21 heavy (non-hydrogen) atoms. The molecule has 0 unspecified atom stereocenters. The van der Waals surface area contributed by atoms with Crippen molar-refractivity contribution < 1.29 is 9.53 Å². The third-order valence-corrected chi connectivity index (χ3v) is 4.63. The number of thiazole rings is 1. The quantitative estimate of drug-likeness (QED) is 0.944. The molecule has 0 radical (unpaired) electrons. The van der Waals surface area contributed by atoms with Crippen LogP contribution in [0.4, 0.5) is 9.93 Å². The molecule has 6 heteroatoms. The number of para-hydroxylation sites is 1. The fourth-order valence-corrected chi connectivity index (χ4v) is 3.35. The summed E-state index contributed by atoms with van der Waals surface area (Å²) in [5.41, 5.74) is 0.921. The minimum Gasteiger partial charge on any atom is -0.381 e. The maximum absolute atomic E-state index is 12.3. The second-order valence-corrected chi connectivity index (χ2v) is 6.22. The van der Waals surface area contributed by atoms with Gasteiger partial charge in [-0.1, -0.05) is 23.5 Å². The van der Waals surface area contributed by atoms with E-state index in [0.717, 1.165) is 36.4 Å². The van der Waals surface area contributed by atoms with E-state index in [0.29, 0.717) is 17.6 Å². The first-order chi connectivity index (χ1) is 10.3. The van der Waals surface area contributed by atoms with Crippen molar-refractivity contribution in [3.63, 3.8) is 0 Å². The number of nitrogens with zero attached hydrogens (tertiary/aromatic N) is 2. The lowest BCUT2D eigenvalue weighted by Crippen LogP contribution is -2.38. The molecule has 1 aliphatic rings. The van der Waals surface area contributed by atoms with Crippen LogP contribution < -0.4 is 5.32 Å². The number of hydrogen-bond acceptors (Lipinski definition) is 4. The highest BCUT2D eigenvalue weighted by Gasteiger charge is 2.22. The molecule has 0 bridgehead atoms. The number of benzene rings is 1. The Morgan fingerprint density at radius 2 is 2.38 bits per heavy atom. The van der Waals surface area contributed by atoms with Crippen molar-refractivity contribution in [1.29, 1.82) is 0 Å². The molecule has 5 nitrogen and oxygen atoms in total. The van der Waals surface area contributed by atoms with E-state index in [1.165, 1.54) is 11.3 Å². The van der Waals surface area contributed by atoms with Gasteiger partial charge in [0.15, 0.2) is 5.13 Å². The van der Waals surface area contributed by atoms with Crippen LogP contribution in [0, 0.1) is 5.92 Å².